The predicted molar refractivity (Wildman–Crippen MR) is 86.6 cm³/mol. The molecule has 0 unspecified atom stereocenters. The second-order valence-electron chi connectivity index (χ2n) is 5.77. The molecule has 1 saturated heterocycles. The van der Waals surface area contributed by atoms with Crippen LogP contribution in [-0.2, 0) is 11.2 Å². The molecule has 5 heteroatoms. The molecule has 2 heterocycles. The lowest BCUT2D eigenvalue weighted by atomic mass is 10.1. The fourth-order valence-electron chi connectivity index (χ4n) is 2.89. The number of hydrogen-bond donors (Lipinski definition) is 0. The summed E-state index contributed by atoms with van der Waals surface area (Å²) in [6.45, 7) is 4.91. The molecule has 0 N–H and O–H groups in total. The molecular formula is C16H21N3OS. The van der Waals surface area contributed by atoms with Gasteiger partial charge in [0.1, 0.15) is 0 Å². The van der Waals surface area contributed by atoms with Crippen molar-refractivity contribution in [2.24, 2.45) is 0 Å². The molecule has 1 fully saturated rings. The van der Waals surface area contributed by atoms with Crippen molar-refractivity contribution in [3.05, 3.63) is 29.3 Å². The molecule has 1 atom stereocenters. The molecule has 0 bridgehead atoms. The molecule has 3 rings (SSSR count). The first-order valence-electron chi connectivity index (χ1n) is 7.46. The van der Waals surface area contributed by atoms with Crippen LogP contribution in [0.2, 0.25) is 0 Å². The maximum absolute atomic E-state index is 12.4. The predicted octanol–water partition coefficient (Wildman–Crippen LogP) is 2.39. The first-order valence-corrected chi connectivity index (χ1v) is 8.27. The molecule has 4 nitrogen and oxygen atoms in total. The molecule has 0 saturated carbocycles. The maximum atomic E-state index is 12.4. The number of piperazine rings is 1. The fourth-order valence-corrected chi connectivity index (χ4v) is 3.86. The van der Waals surface area contributed by atoms with Gasteiger partial charge in [-0.1, -0.05) is 12.1 Å². The van der Waals surface area contributed by atoms with Crippen molar-refractivity contribution in [2.45, 2.75) is 25.8 Å². The number of likely N-dealkylation sites (N-methyl/N-ethyl adjacent to an activating group) is 1. The average Bonchev–Trinajstić information content (AvgIpc) is 2.87. The Morgan fingerprint density at radius 3 is 2.95 bits per heavy atom. The smallest absolute Gasteiger partial charge is 0.223 e. The van der Waals surface area contributed by atoms with Crippen LogP contribution in [0.25, 0.3) is 10.2 Å². The number of thiazole rings is 1. The van der Waals surface area contributed by atoms with Crippen molar-refractivity contribution < 1.29 is 4.79 Å². The van der Waals surface area contributed by atoms with Gasteiger partial charge in [-0.3, -0.25) is 4.79 Å². The van der Waals surface area contributed by atoms with Crippen LogP contribution in [0, 0.1) is 0 Å². The van der Waals surface area contributed by atoms with Crippen LogP contribution in [0.3, 0.4) is 0 Å². The number of aromatic nitrogens is 1. The van der Waals surface area contributed by atoms with Gasteiger partial charge in [0.05, 0.1) is 15.2 Å². The zero-order valence-corrected chi connectivity index (χ0v) is 13.4. The summed E-state index contributed by atoms with van der Waals surface area (Å²) >= 11 is 1.70. The third kappa shape index (κ3) is 3.24. The molecule has 0 aliphatic carbocycles. The number of hydrogen-bond acceptors (Lipinski definition) is 4. The summed E-state index contributed by atoms with van der Waals surface area (Å²) in [4.78, 5) is 21.3. The number of nitrogens with zero attached hydrogens (tertiary/aromatic N) is 3. The molecule has 1 aromatic carbocycles. The first kappa shape index (κ1) is 14.5. The number of fused-ring (bicyclic) bond motifs is 1. The Hall–Kier alpha value is -1.46. The monoisotopic (exact) mass is 303 g/mol. The van der Waals surface area contributed by atoms with Gasteiger partial charge in [0.15, 0.2) is 0 Å². The van der Waals surface area contributed by atoms with Gasteiger partial charge in [-0.05, 0) is 26.1 Å². The molecule has 0 spiro atoms. The van der Waals surface area contributed by atoms with E-state index in [0.717, 1.165) is 36.6 Å². The fraction of sp³-hybridized carbons (Fsp3) is 0.500. The molecule has 21 heavy (non-hydrogen) atoms. The van der Waals surface area contributed by atoms with Gasteiger partial charge in [-0.25, -0.2) is 4.98 Å². The largest absolute Gasteiger partial charge is 0.337 e. The Labute approximate surface area is 129 Å². The Morgan fingerprint density at radius 2 is 2.19 bits per heavy atom. The van der Waals surface area contributed by atoms with Gasteiger partial charge < -0.3 is 9.80 Å². The zero-order valence-electron chi connectivity index (χ0n) is 12.6. The van der Waals surface area contributed by atoms with Crippen molar-refractivity contribution >= 4 is 27.5 Å². The highest BCUT2D eigenvalue weighted by atomic mass is 32.1. The van der Waals surface area contributed by atoms with E-state index in [1.54, 1.807) is 11.3 Å². The van der Waals surface area contributed by atoms with E-state index in [1.807, 2.05) is 23.1 Å². The van der Waals surface area contributed by atoms with E-state index in [2.05, 4.69) is 29.9 Å². The molecule has 1 aromatic heterocycles. The lowest BCUT2D eigenvalue weighted by Gasteiger charge is -2.38. The first-order chi connectivity index (χ1) is 10.1. The minimum atomic E-state index is 0.259. The van der Waals surface area contributed by atoms with E-state index in [4.69, 9.17) is 0 Å². The molecule has 1 aliphatic rings. The van der Waals surface area contributed by atoms with E-state index < -0.39 is 0 Å². The summed E-state index contributed by atoms with van der Waals surface area (Å²) in [5, 5.41) is 1.06. The third-order valence-corrected chi connectivity index (χ3v) is 5.14. The van der Waals surface area contributed by atoms with E-state index in [0.29, 0.717) is 12.5 Å². The average molecular weight is 303 g/mol. The van der Waals surface area contributed by atoms with Crippen LogP contribution in [0.5, 0.6) is 0 Å². The number of aryl methyl sites for hydroxylation is 1. The van der Waals surface area contributed by atoms with E-state index >= 15 is 0 Å². The second-order valence-corrected chi connectivity index (χ2v) is 6.89. The number of carbonyl (C=O) groups is 1. The lowest BCUT2D eigenvalue weighted by molar-refractivity contribution is -0.135. The standard InChI is InChI=1S/C16H21N3OS/c1-12-11-18(2)9-10-19(12)16(20)8-7-15-17-13-5-3-4-6-14(13)21-15/h3-6,12H,7-11H2,1-2H3/t12-/m1/s1. The molecule has 1 aliphatic heterocycles. The van der Waals surface area contributed by atoms with Crippen molar-refractivity contribution in [1.29, 1.82) is 0 Å². The van der Waals surface area contributed by atoms with E-state index in [-0.39, 0.29) is 5.91 Å². The Morgan fingerprint density at radius 1 is 1.38 bits per heavy atom. The Kier molecular flexibility index (Phi) is 4.22. The molecule has 112 valence electrons. The summed E-state index contributed by atoms with van der Waals surface area (Å²) in [5.41, 5.74) is 1.04. The van der Waals surface area contributed by atoms with Crippen molar-refractivity contribution in [1.82, 2.24) is 14.8 Å². The van der Waals surface area contributed by atoms with Gasteiger partial charge in [0.25, 0.3) is 0 Å². The summed E-state index contributed by atoms with van der Waals surface area (Å²) in [7, 11) is 2.11. The Balaban J connectivity index is 1.60. The summed E-state index contributed by atoms with van der Waals surface area (Å²) in [6, 6.07) is 8.46. The van der Waals surface area contributed by atoms with Gasteiger partial charge in [0, 0.05) is 38.5 Å². The number of para-hydroxylation sites is 1. The Bertz CT molecular complexity index is 606. The number of rotatable bonds is 3. The number of amides is 1. The van der Waals surface area contributed by atoms with Crippen molar-refractivity contribution in [3.63, 3.8) is 0 Å². The van der Waals surface area contributed by atoms with Gasteiger partial charge in [-0.15, -0.1) is 11.3 Å². The quantitative estimate of drug-likeness (QED) is 0.873. The minimum absolute atomic E-state index is 0.259. The van der Waals surface area contributed by atoms with Crippen LogP contribution in [-0.4, -0.2) is 53.4 Å². The molecule has 0 radical (unpaired) electrons. The highest BCUT2D eigenvalue weighted by Gasteiger charge is 2.25. The SMILES string of the molecule is C[C@@H]1CN(C)CCN1C(=O)CCc1nc2ccccc2s1. The van der Waals surface area contributed by atoms with Crippen LogP contribution in [0.4, 0.5) is 0 Å². The zero-order chi connectivity index (χ0) is 14.8. The van der Waals surface area contributed by atoms with Gasteiger partial charge >= 0.3 is 0 Å². The topological polar surface area (TPSA) is 36.4 Å². The minimum Gasteiger partial charge on any atom is -0.337 e. The van der Waals surface area contributed by atoms with Crippen LogP contribution in [0.15, 0.2) is 24.3 Å². The van der Waals surface area contributed by atoms with E-state index in [9.17, 15) is 4.79 Å². The molecule has 1 amide bonds. The van der Waals surface area contributed by atoms with Gasteiger partial charge in [-0.2, -0.15) is 0 Å². The van der Waals surface area contributed by atoms with Crippen molar-refractivity contribution in [3.8, 4) is 0 Å². The summed E-state index contributed by atoms with van der Waals surface area (Å²) < 4.78 is 1.20. The van der Waals surface area contributed by atoms with Crippen molar-refractivity contribution in [2.75, 3.05) is 26.7 Å². The second kappa shape index (κ2) is 6.12. The summed E-state index contributed by atoms with van der Waals surface area (Å²) in [5.74, 6) is 0.259. The van der Waals surface area contributed by atoms with Gasteiger partial charge in [0.2, 0.25) is 5.91 Å². The van der Waals surface area contributed by atoms with Crippen LogP contribution in [0.1, 0.15) is 18.4 Å². The highest BCUT2D eigenvalue weighted by molar-refractivity contribution is 7.18. The normalized spacial score (nSPS) is 20.1. The molecule has 2 aromatic rings. The molecular weight excluding hydrogens is 282 g/mol. The highest BCUT2D eigenvalue weighted by Crippen LogP contribution is 2.22. The van der Waals surface area contributed by atoms with E-state index in [1.165, 1.54) is 4.70 Å². The number of benzene rings is 1. The lowest BCUT2D eigenvalue weighted by Crippen LogP contribution is -2.52. The maximum Gasteiger partial charge on any atom is 0.223 e. The summed E-state index contributed by atoms with van der Waals surface area (Å²) in [6.07, 6.45) is 1.31. The van der Waals surface area contributed by atoms with Crippen LogP contribution < -0.4 is 0 Å². The number of carbonyl (C=O) groups excluding carboxylic acids is 1. The van der Waals surface area contributed by atoms with Crippen LogP contribution >= 0.6 is 11.3 Å². The third-order valence-electron chi connectivity index (χ3n) is 4.04.